The molecule has 0 amide bonds. The summed E-state index contributed by atoms with van der Waals surface area (Å²) in [5.41, 5.74) is 13.4. The van der Waals surface area contributed by atoms with Gasteiger partial charge < -0.3 is 4.42 Å². The van der Waals surface area contributed by atoms with Gasteiger partial charge in [-0.3, -0.25) is 0 Å². The molecule has 0 aliphatic carbocycles. The van der Waals surface area contributed by atoms with E-state index in [9.17, 15) is 0 Å². The fraction of sp³-hybridized carbons (Fsp3) is 0. The van der Waals surface area contributed by atoms with E-state index in [1.165, 1.54) is 22.3 Å². The third-order valence-electron chi connectivity index (χ3n) is 9.08. The van der Waals surface area contributed by atoms with Crippen LogP contribution in [-0.2, 0) is 0 Å². The van der Waals surface area contributed by atoms with Crippen molar-refractivity contribution in [2.45, 2.75) is 0 Å². The maximum absolute atomic E-state index is 6.59. The fourth-order valence-electron chi connectivity index (χ4n) is 6.67. The van der Waals surface area contributed by atoms with Crippen molar-refractivity contribution in [2.75, 3.05) is 0 Å². The molecular weight excluding hydrogens is 597 g/mol. The van der Waals surface area contributed by atoms with Gasteiger partial charge in [0, 0.05) is 27.5 Å². The third kappa shape index (κ3) is 5.48. The normalized spacial score (nSPS) is 11.3. The average molecular weight is 627 g/mol. The minimum atomic E-state index is 0.691. The number of nitrogens with zero attached hydrogens (tertiary/aromatic N) is 2. The molecule has 2 aromatic heterocycles. The molecule has 7 aromatic carbocycles. The Morgan fingerprint density at radius 2 is 0.857 bits per heavy atom. The number of rotatable bonds is 6. The van der Waals surface area contributed by atoms with Crippen LogP contribution in [0.3, 0.4) is 0 Å². The van der Waals surface area contributed by atoms with E-state index >= 15 is 0 Å². The summed E-state index contributed by atoms with van der Waals surface area (Å²) in [5, 5.41) is 2.17. The Kier molecular flexibility index (Phi) is 7.14. The second-order valence-electron chi connectivity index (χ2n) is 12.2. The lowest BCUT2D eigenvalue weighted by atomic mass is 9.91. The van der Waals surface area contributed by atoms with Crippen LogP contribution < -0.4 is 0 Å². The highest BCUT2D eigenvalue weighted by Crippen LogP contribution is 2.41. The van der Waals surface area contributed by atoms with Crippen LogP contribution in [0.5, 0.6) is 0 Å². The summed E-state index contributed by atoms with van der Waals surface area (Å²) in [6, 6.07) is 63.3. The Bertz CT molecular complexity index is 2460. The van der Waals surface area contributed by atoms with Crippen LogP contribution in [0.25, 0.3) is 89.2 Å². The largest absolute Gasteiger partial charge is 0.456 e. The van der Waals surface area contributed by atoms with Crippen molar-refractivity contribution in [2.24, 2.45) is 0 Å². The maximum Gasteiger partial charge on any atom is 0.160 e. The number of fused-ring (bicyclic) bond motifs is 3. The standard InChI is InChI=1S/C46H30N2O/c1-5-14-31(15-6-1)36-26-37(32-16-7-2-8-17-32)28-38(27-36)39-22-13-23-43-45(39)40-25-24-35(29-44(40)49-43)42-30-41(33-18-9-3-10-19-33)47-46(48-42)34-20-11-4-12-21-34/h1-30H. The lowest BCUT2D eigenvalue weighted by Crippen LogP contribution is -1.95. The topological polar surface area (TPSA) is 38.9 Å². The molecule has 0 saturated carbocycles. The van der Waals surface area contributed by atoms with Gasteiger partial charge in [-0.1, -0.05) is 140 Å². The first kappa shape index (κ1) is 28.6. The monoisotopic (exact) mass is 626 g/mol. The van der Waals surface area contributed by atoms with Crippen molar-refractivity contribution in [3.63, 3.8) is 0 Å². The smallest absolute Gasteiger partial charge is 0.160 e. The molecule has 3 nitrogen and oxygen atoms in total. The second-order valence-corrected chi connectivity index (χ2v) is 12.2. The van der Waals surface area contributed by atoms with E-state index < -0.39 is 0 Å². The lowest BCUT2D eigenvalue weighted by molar-refractivity contribution is 0.669. The van der Waals surface area contributed by atoms with Crippen molar-refractivity contribution in [3.05, 3.63) is 182 Å². The van der Waals surface area contributed by atoms with E-state index in [2.05, 4.69) is 133 Å². The predicted molar refractivity (Wildman–Crippen MR) is 202 cm³/mol. The van der Waals surface area contributed by atoms with Crippen LogP contribution in [0.1, 0.15) is 0 Å². The highest BCUT2D eigenvalue weighted by atomic mass is 16.3. The van der Waals surface area contributed by atoms with Crippen molar-refractivity contribution in [3.8, 4) is 67.3 Å². The van der Waals surface area contributed by atoms with Crippen LogP contribution in [0.4, 0.5) is 0 Å². The van der Waals surface area contributed by atoms with E-state index in [4.69, 9.17) is 14.4 Å². The third-order valence-corrected chi connectivity index (χ3v) is 9.08. The fourth-order valence-corrected chi connectivity index (χ4v) is 6.67. The van der Waals surface area contributed by atoms with Gasteiger partial charge in [0.15, 0.2) is 5.82 Å². The van der Waals surface area contributed by atoms with Crippen molar-refractivity contribution in [1.82, 2.24) is 9.97 Å². The Labute approximate surface area is 284 Å². The van der Waals surface area contributed by atoms with Gasteiger partial charge in [-0.15, -0.1) is 0 Å². The van der Waals surface area contributed by atoms with E-state index in [0.717, 1.165) is 61.1 Å². The Hall–Kier alpha value is -6.58. The molecule has 0 N–H and O–H groups in total. The molecule has 0 atom stereocenters. The van der Waals surface area contributed by atoms with Crippen molar-refractivity contribution in [1.29, 1.82) is 0 Å². The number of hydrogen-bond acceptors (Lipinski definition) is 3. The van der Waals surface area contributed by atoms with E-state index in [-0.39, 0.29) is 0 Å². The van der Waals surface area contributed by atoms with Gasteiger partial charge >= 0.3 is 0 Å². The quantitative estimate of drug-likeness (QED) is 0.184. The minimum Gasteiger partial charge on any atom is -0.456 e. The average Bonchev–Trinajstić information content (AvgIpc) is 3.57. The Balaban J connectivity index is 1.20. The highest BCUT2D eigenvalue weighted by molar-refractivity contribution is 6.13. The molecule has 2 heterocycles. The highest BCUT2D eigenvalue weighted by Gasteiger charge is 2.17. The van der Waals surface area contributed by atoms with E-state index in [1.54, 1.807) is 0 Å². The molecule has 49 heavy (non-hydrogen) atoms. The number of aromatic nitrogens is 2. The Morgan fingerprint density at radius 3 is 1.47 bits per heavy atom. The summed E-state index contributed by atoms with van der Waals surface area (Å²) < 4.78 is 6.59. The van der Waals surface area contributed by atoms with Gasteiger partial charge in [0.25, 0.3) is 0 Å². The van der Waals surface area contributed by atoms with Crippen LogP contribution >= 0.6 is 0 Å². The molecule has 9 aromatic rings. The predicted octanol–water partition coefficient (Wildman–Crippen LogP) is 12.4. The lowest BCUT2D eigenvalue weighted by Gasteiger charge is -2.12. The molecule has 0 aliphatic heterocycles. The Morgan fingerprint density at radius 1 is 0.327 bits per heavy atom. The molecule has 230 valence electrons. The molecule has 3 heteroatoms. The van der Waals surface area contributed by atoms with E-state index in [1.807, 2.05) is 48.5 Å². The molecule has 0 spiro atoms. The zero-order valence-corrected chi connectivity index (χ0v) is 26.6. The molecule has 0 aliphatic rings. The summed E-state index contributed by atoms with van der Waals surface area (Å²) in [6.07, 6.45) is 0. The molecule has 0 bridgehead atoms. The summed E-state index contributed by atoms with van der Waals surface area (Å²) in [7, 11) is 0. The first-order chi connectivity index (χ1) is 24.3. The van der Waals surface area contributed by atoms with Gasteiger partial charge in [0.05, 0.1) is 11.4 Å². The van der Waals surface area contributed by atoms with Gasteiger partial charge in [-0.2, -0.15) is 0 Å². The summed E-state index contributed by atoms with van der Waals surface area (Å²) in [6.45, 7) is 0. The molecule has 0 unspecified atom stereocenters. The zero-order chi connectivity index (χ0) is 32.6. The zero-order valence-electron chi connectivity index (χ0n) is 26.6. The summed E-state index contributed by atoms with van der Waals surface area (Å²) >= 11 is 0. The van der Waals surface area contributed by atoms with Gasteiger partial charge in [0.1, 0.15) is 11.2 Å². The van der Waals surface area contributed by atoms with Crippen molar-refractivity contribution >= 4 is 21.9 Å². The van der Waals surface area contributed by atoms with Gasteiger partial charge in [-0.25, -0.2) is 9.97 Å². The first-order valence-electron chi connectivity index (χ1n) is 16.5. The maximum atomic E-state index is 6.59. The van der Waals surface area contributed by atoms with Crippen LogP contribution in [-0.4, -0.2) is 9.97 Å². The molecular formula is C46H30N2O. The number of hydrogen-bond donors (Lipinski definition) is 0. The second kappa shape index (κ2) is 12.2. The van der Waals surface area contributed by atoms with Gasteiger partial charge in [-0.05, 0) is 75.8 Å². The molecule has 0 fully saturated rings. The number of benzene rings is 7. The van der Waals surface area contributed by atoms with Crippen molar-refractivity contribution < 1.29 is 4.42 Å². The molecule has 0 radical (unpaired) electrons. The van der Waals surface area contributed by atoms with Crippen LogP contribution in [0.15, 0.2) is 186 Å². The van der Waals surface area contributed by atoms with E-state index in [0.29, 0.717) is 5.82 Å². The van der Waals surface area contributed by atoms with Crippen LogP contribution in [0.2, 0.25) is 0 Å². The number of furan rings is 1. The SMILES string of the molecule is c1ccc(-c2cc(-c3ccccc3)cc(-c3cccc4oc5cc(-c6cc(-c7ccccc7)nc(-c7ccccc7)n6)ccc5c34)c2)cc1. The van der Waals surface area contributed by atoms with Crippen LogP contribution in [0, 0.1) is 0 Å². The minimum absolute atomic E-state index is 0.691. The summed E-state index contributed by atoms with van der Waals surface area (Å²) in [5.74, 6) is 0.691. The summed E-state index contributed by atoms with van der Waals surface area (Å²) in [4.78, 5) is 10.0. The molecule has 9 rings (SSSR count). The molecule has 0 saturated heterocycles. The van der Waals surface area contributed by atoms with Gasteiger partial charge in [0.2, 0.25) is 0 Å². The first-order valence-corrected chi connectivity index (χ1v) is 16.5.